The lowest BCUT2D eigenvalue weighted by molar-refractivity contribution is -0.116. The Morgan fingerprint density at radius 1 is 1.00 bits per heavy atom. The zero-order valence-electron chi connectivity index (χ0n) is 17.2. The van der Waals surface area contributed by atoms with E-state index in [4.69, 9.17) is 4.74 Å². The quantitative estimate of drug-likeness (QED) is 0.334. The summed E-state index contributed by atoms with van der Waals surface area (Å²) in [6, 6.07) is 20.9. The van der Waals surface area contributed by atoms with Crippen molar-refractivity contribution in [3.05, 3.63) is 105 Å². The van der Waals surface area contributed by atoms with Crippen molar-refractivity contribution in [3.63, 3.8) is 0 Å². The minimum Gasteiger partial charge on any atom is -0.489 e. The number of nitrogens with one attached hydrogen (secondary N) is 1. The van der Waals surface area contributed by atoms with E-state index in [9.17, 15) is 9.59 Å². The monoisotopic (exact) mass is 480 g/mol. The summed E-state index contributed by atoms with van der Waals surface area (Å²) in [6.45, 7) is 1.72. The van der Waals surface area contributed by atoms with Crippen LogP contribution in [0.1, 0.15) is 24.0 Å². The van der Waals surface area contributed by atoms with Crippen LogP contribution < -0.4 is 15.6 Å². The van der Waals surface area contributed by atoms with Gasteiger partial charge in [-0.1, -0.05) is 42.5 Å². The van der Waals surface area contributed by atoms with Gasteiger partial charge in [0.05, 0.1) is 0 Å². The highest BCUT2D eigenvalue weighted by Crippen LogP contribution is 2.15. The molecule has 1 heterocycles. The third kappa shape index (κ3) is 7.90. The first kappa shape index (κ1) is 22.6. The molecule has 0 aliphatic rings. The molecule has 0 aliphatic carbocycles. The molecule has 0 fully saturated rings. The fourth-order valence-electron chi connectivity index (χ4n) is 2.94. The van der Waals surface area contributed by atoms with Crippen molar-refractivity contribution >= 4 is 27.9 Å². The van der Waals surface area contributed by atoms with Crippen LogP contribution in [-0.4, -0.2) is 17.0 Å². The van der Waals surface area contributed by atoms with Crippen LogP contribution in [-0.2, 0) is 17.9 Å². The molecule has 0 saturated carbocycles. The largest absolute Gasteiger partial charge is 0.489 e. The molecule has 0 spiro atoms. The number of rotatable bonds is 10. The number of halogens is 1. The maximum absolute atomic E-state index is 12.0. The summed E-state index contributed by atoms with van der Waals surface area (Å²) < 4.78 is 8.31. The Kier molecular flexibility index (Phi) is 8.67. The fraction of sp³-hybridized carbons (Fsp3) is 0.200. The molecule has 0 aliphatic heterocycles. The third-order valence-electron chi connectivity index (χ3n) is 4.63. The van der Waals surface area contributed by atoms with Gasteiger partial charge in [-0.3, -0.25) is 9.59 Å². The minimum absolute atomic E-state index is 0.0216. The number of unbranched alkanes of at least 4 members (excludes halogenated alkanes) is 1. The highest BCUT2D eigenvalue weighted by molar-refractivity contribution is 9.10. The second-order valence-electron chi connectivity index (χ2n) is 7.05. The molecule has 3 rings (SSSR count). The fourth-order valence-corrected chi connectivity index (χ4v) is 3.32. The van der Waals surface area contributed by atoms with Crippen LogP contribution in [0.4, 0.5) is 0 Å². The van der Waals surface area contributed by atoms with Crippen LogP contribution in [0.3, 0.4) is 0 Å². The number of carbonyl (C=O) groups excluding carboxylic acids is 1. The average molecular weight is 481 g/mol. The molecule has 0 unspecified atom stereocenters. The number of ether oxygens (including phenoxy) is 1. The Morgan fingerprint density at radius 3 is 2.55 bits per heavy atom. The summed E-state index contributed by atoms with van der Waals surface area (Å²) in [5, 5.41) is 2.87. The van der Waals surface area contributed by atoms with Gasteiger partial charge in [0.25, 0.3) is 5.56 Å². The van der Waals surface area contributed by atoms with Crippen LogP contribution in [0.15, 0.2) is 88.3 Å². The summed E-state index contributed by atoms with van der Waals surface area (Å²) in [5.74, 6) is 0.652. The van der Waals surface area contributed by atoms with Crippen LogP contribution in [0.5, 0.6) is 5.75 Å². The average Bonchev–Trinajstić information content (AvgIpc) is 2.79. The van der Waals surface area contributed by atoms with Gasteiger partial charge in [-0.15, -0.1) is 0 Å². The maximum Gasteiger partial charge on any atom is 0.250 e. The highest BCUT2D eigenvalue weighted by Gasteiger charge is 1.99. The number of pyridine rings is 1. The molecule has 6 heteroatoms. The smallest absolute Gasteiger partial charge is 0.250 e. The molecule has 3 aromatic rings. The number of carbonyl (C=O) groups is 1. The summed E-state index contributed by atoms with van der Waals surface area (Å²) in [6.07, 6.45) is 6.69. The van der Waals surface area contributed by atoms with Gasteiger partial charge in [0.1, 0.15) is 12.4 Å². The molecule has 1 amide bonds. The van der Waals surface area contributed by atoms with Gasteiger partial charge in [0.2, 0.25) is 5.91 Å². The van der Waals surface area contributed by atoms with Crippen molar-refractivity contribution in [2.75, 3.05) is 6.54 Å². The van der Waals surface area contributed by atoms with Crippen LogP contribution in [0, 0.1) is 0 Å². The van der Waals surface area contributed by atoms with Crippen molar-refractivity contribution in [1.82, 2.24) is 9.88 Å². The Hall–Kier alpha value is -3.12. The van der Waals surface area contributed by atoms with Crippen molar-refractivity contribution in [3.8, 4) is 5.75 Å². The Balaban J connectivity index is 1.35. The molecular formula is C25H25BrN2O3. The topological polar surface area (TPSA) is 60.3 Å². The van der Waals surface area contributed by atoms with E-state index in [2.05, 4.69) is 21.2 Å². The zero-order valence-corrected chi connectivity index (χ0v) is 18.8. The lowest BCUT2D eigenvalue weighted by atomic mass is 10.2. The molecule has 2 aromatic carbocycles. The number of nitrogens with zero attached hydrogens (tertiary/aromatic N) is 1. The Morgan fingerprint density at radius 2 is 1.77 bits per heavy atom. The van der Waals surface area contributed by atoms with Gasteiger partial charge in [0.15, 0.2) is 0 Å². The number of benzene rings is 2. The maximum atomic E-state index is 12.0. The predicted octanol–water partition coefficient (Wildman–Crippen LogP) is 4.80. The molecule has 1 N–H and O–H groups in total. The minimum atomic E-state index is -0.135. The summed E-state index contributed by atoms with van der Waals surface area (Å²) >= 11 is 3.36. The summed E-state index contributed by atoms with van der Waals surface area (Å²) in [5.41, 5.74) is 2.02. The number of amides is 1. The van der Waals surface area contributed by atoms with Crippen molar-refractivity contribution in [1.29, 1.82) is 0 Å². The van der Waals surface area contributed by atoms with Gasteiger partial charge in [-0.25, -0.2) is 0 Å². The van der Waals surface area contributed by atoms with Crippen LogP contribution in [0.25, 0.3) is 6.08 Å². The van der Waals surface area contributed by atoms with E-state index in [-0.39, 0.29) is 11.5 Å². The lowest BCUT2D eigenvalue weighted by Gasteiger charge is -2.07. The number of aromatic nitrogens is 1. The standard InChI is InChI=1S/C25H25BrN2O3/c26-22-11-15-25(30)28(18-22)17-5-4-16-27-24(29)14-10-20-8-12-23(13-9-20)31-19-21-6-2-1-3-7-21/h1-3,6-15,18H,4-5,16-17,19H2,(H,27,29)/b14-10+. The van der Waals surface area contributed by atoms with Crippen LogP contribution in [0.2, 0.25) is 0 Å². The molecule has 160 valence electrons. The predicted molar refractivity (Wildman–Crippen MR) is 127 cm³/mol. The Labute approximate surface area is 190 Å². The molecular weight excluding hydrogens is 456 g/mol. The molecule has 0 saturated heterocycles. The first-order valence-electron chi connectivity index (χ1n) is 10.2. The molecule has 0 radical (unpaired) electrons. The third-order valence-corrected chi connectivity index (χ3v) is 5.10. The van der Waals surface area contributed by atoms with E-state index in [0.29, 0.717) is 19.7 Å². The van der Waals surface area contributed by atoms with Crippen LogP contribution >= 0.6 is 15.9 Å². The van der Waals surface area contributed by atoms with E-state index in [0.717, 1.165) is 34.2 Å². The molecule has 0 bridgehead atoms. The van der Waals surface area contributed by atoms with Gasteiger partial charge in [-0.05, 0) is 64.2 Å². The van der Waals surface area contributed by atoms with Gasteiger partial charge < -0.3 is 14.6 Å². The number of hydrogen-bond acceptors (Lipinski definition) is 3. The normalized spacial score (nSPS) is 10.9. The van der Waals surface area contributed by atoms with E-state index >= 15 is 0 Å². The highest BCUT2D eigenvalue weighted by atomic mass is 79.9. The van der Waals surface area contributed by atoms with E-state index < -0.39 is 0 Å². The van der Waals surface area contributed by atoms with E-state index in [1.807, 2.05) is 54.6 Å². The second-order valence-corrected chi connectivity index (χ2v) is 7.97. The molecule has 0 atom stereocenters. The van der Waals surface area contributed by atoms with E-state index in [1.165, 1.54) is 6.08 Å². The Bertz CT molecular complexity index is 1060. The second kappa shape index (κ2) is 11.9. The molecule has 31 heavy (non-hydrogen) atoms. The molecule has 1 aromatic heterocycles. The van der Waals surface area contributed by atoms with E-state index in [1.54, 1.807) is 29.0 Å². The molecule has 5 nitrogen and oxygen atoms in total. The lowest BCUT2D eigenvalue weighted by Crippen LogP contribution is -2.23. The first-order valence-corrected chi connectivity index (χ1v) is 11.0. The zero-order chi connectivity index (χ0) is 21.9. The SMILES string of the molecule is O=C(/C=C/c1ccc(OCc2ccccc2)cc1)NCCCCn1cc(Br)ccc1=O. The van der Waals surface area contributed by atoms with Crippen molar-refractivity contribution < 1.29 is 9.53 Å². The van der Waals surface area contributed by atoms with Crippen molar-refractivity contribution in [2.24, 2.45) is 0 Å². The van der Waals surface area contributed by atoms with Crippen molar-refractivity contribution in [2.45, 2.75) is 26.0 Å². The first-order chi connectivity index (χ1) is 15.1. The summed E-state index contributed by atoms with van der Waals surface area (Å²) in [7, 11) is 0. The van der Waals surface area contributed by atoms with Gasteiger partial charge >= 0.3 is 0 Å². The summed E-state index contributed by atoms with van der Waals surface area (Å²) in [4.78, 5) is 23.7. The number of aryl methyl sites for hydroxylation is 1. The van der Waals surface area contributed by atoms with Gasteiger partial charge in [-0.2, -0.15) is 0 Å². The van der Waals surface area contributed by atoms with Gasteiger partial charge in [0, 0.05) is 35.9 Å². The number of hydrogen-bond donors (Lipinski definition) is 1.